The summed E-state index contributed by atoms with van der Waals surface area (Å²) in [7, 11) is 0. The second-order valence-electron chi connectivity index (χ2n) is 5.47. The monoisotopic (exact) mass is 275 g/mol. The highest BCUT2D eigenvalue weighted by atomic mass is 16.2. The molecule has 0 spiro atoms. The van der Waals surface area contributed by atoms with Crippen molar-refractivity contribution in [1.29, 1.82) is 0 Å². The Morgan fingerprint density at radius 3 is 2.90 bits per heavy atom. The molecule has 2 fully saturated rings. The Labute approximate surface area is 119 Å². The molecule has 0 aromatic carbocycles. The summed E-state index contributed by atoms with van der Waals surface area (Å²) in [6.07, 6.45) is 6.72. The van der Waals surface area contributed by atoms with Crippen molar-refractivity contribution in [1.82, 2.24) is 14.9 Å². The standard InChI is InChI=1S/C14H21N5O/c20-14-3-1-7-19(14)8-2-6-15-12-9-13(17-10-16-12)18-11-4-5-11/h9-11H,1-8H2,(H2,15,16,17,18). The van der Waals surface area contributed by atoms with Crippen LogP contribution in [0.5, 0.6) is 0 Å². The van der Waals surface area contributed by atoms with E-state index in [2.05, 4.69) is 20.6 Å². The van der Waals surface area contributed by atoms with Crippen LogP contribution in [0.4, 0.5) is 11.6 Å². The minimum atomic E-state index is 0.294. The fourth-order valence-electron chi connectivity index (χ4n) is 2.40. The van der Waals surface area contributed by atoms with Gasteiger partial charge in [0.1, 0.15) is 18.0 Å². The molecule has 1 amide bonds. The number of nitrogens with zero attached hydrogens (tertiary/aromatic N) is 3. The Hall–Kier alpha value is -1.85. The molecule has 6 heteroatoms. The molecule has 0 unspecified atom stereocenters. The summed E-state index contributed by atoms with van der Waals surface area (Å²) >= 11 is 0. The summed E-state index contributed by atoms with van der Waals surface area (Å²) in [4.78, 5) is 21.8. The van der Waals surface area contributed by atoms with E-state index in [0.29, 0.717) is 11.9 Å². The molecule has 3 rings (SSSR count). The van der Waals surface area contributed by atoms with Gasteiger partial charge >= 0.3 is 0 Å². The number of amides is 1. The van der Waals surface area contributed by atoms with Crippen LogP contribution in [0.25, 0.3) is 0 Å². The van der Waals surface area contributed by atoms with Gasteiger partial charge in [-0.2, -0.15) is 0 Å². The van der Waals surface area contributed by atoms with Crippen LogP contribution in [-0.4, -0.2) is 46.5 Å². The summed E-state index contributed by atoms with van der Waals surface area (Å²) in [6, 6.07) is 2.54. The van der Waals surface area contributed by atoms with Crippen LogP contribution in [0.1, 0.15) is 32.1 Å². The maximum absolute atomic E-state index is 11.5. The summed E-state index contributed by atoms with van der Waals surface area (Å²) in [6.45, 7) is 2.58. The second kappa shape index (κ2) is 6.07. The molecule has 0 radical (unpaired) electrons. The average Bonchev–Trinajstić information content (AvgIpc) is 3.17. The molecule has 1 aromatic heterocycles. The van der Waals surface area contributed by atoms with Crippen molar-refractivity contribution in [3.05, 3.63) is 12.4 Å². The number of aromatic nitrogens is 2. The minimum absolute atomic E-state index is 0.294. The van der Waals surface area contributed by atoms with Gasteiger partial charge in [-0.25, -0.2) is 9.97 Å². The zero-order chi connectivity index (χ0) is 13.8. The van der Waals surface area contributed by atoms with Gasteiger partial charge in [0, 0.05) is 38.2 Å². The van der Waals surface area contributed by atoms with Gasteiger partial charge in [-0.3, -0.25) is 4.79 Å². The highest BCUT2D eigenvalue weighted by Crippen LogP contribution is 2.24. The number of carbonyl (C=O) groups excluding carboxylic acids is 1. The number of rotatable bonds is 7. The predicted molar refractivity (Wildman–Crippen MR) is 77.6 cm³/mol. The van der Waals surface area contributed by atoms with E-state index in [1.807, 2.05) is 11.0 Å². The Kier molecular flexibility index (Phi) is 3.99. The molecule has 108 valence electrons. The van der Waals surface area contributed by atoms with Gasteiger partial charge in [0.25, 0.3) is 0 Å². The van der Waals surface area contributed by atoms with Crippen molar-refractivity contribution in [2.24, 2.45) is 0 Å². The van der Waals surface area contributed by atoms with Gasteiger partial charge in [0.15, 0.2) is 0 Å². The molecule has 1 saturated heterocycles. The van der Waals surface area contributed by atoms with Crippen LogP contribution in [0.2, 0.25) is 0 Å². The molecule has 2 N–H and O–H groups in total. The zero-order valence-corrected chi connectivity index (χ0v) is 11.6. The third-order valence-electron chi connectivity index (χ3n) is 3.68. The fourth-order valence-corrected chi connectivity index (χ4v) is 2.40. The van der Waals surface area contributed by atoms with E-state index in [1.54, 1.807) is 6.33 Å². The van der Waals surface area contributed by atoms with Crippen LogP contribution >= 0.6 is 0 Å². The molecule has 0 atom stereocenters. The minimum Gasteiger partial charge on any atom is -0.370 e. The quantitative estimate of drug-likeness (QED) is 0.738. The van der Waals surface area contributed by atoms with Gasteiger partial charge in [0.2, 0.25) is 5.91 Å². The first-order chi connectivity index (χ1) is 9.81. The van der Waals surface area contributed by atoms with Crippen LogP contribution in [0.3, 0.4) is 0 Å². The number of hydrogen-bond donors (Lipinski definition) is 2. The van der Waals surface area contributed by atoms with Gasteiger partial charge in [-0.1, -0.05) is 0 Å². The zero-order valence-electron chi connectivity index (χ0n) is 11.6. The van der Waals surface area contributed by atoms with Crippen molar-refractivity contribution in [3.63, 3.8) is 0 Å². The van der Waals surface area contributed by atoms with Gasteiger partial charge in [0.05, 0.1) is 0 Å². The van der Waals surface area contributed by atoms with Crippen molar-refractivity contribution < 1.29 is 4.79 Å². The summed E-state index contributed by atoms with van der Waals surface area (Å²) in [5, 5.41) is 6.64. The Morgan fingerprint density at radius 1 is 1.30 bits per heavy atom. The molecule has 1 aromatic rings. The highest BCUT2D eigenvalue weighted by Gasteiger charge is 2.21. The number of anilines is 2. The summed E-state index contributed by atoms with van der Waals surface area (Å²) in [5.41, 5.74) is 0. The third-order valence-corrected chi connectivity index (χ3v) is 3.68. The molecule has 1 aliphatic heterocycles. The fraction of sp³-hybridized carbons (Fsp3) is 0.643. The van der Waals surface area contributed by atoms with E-state index < -0.39 is 0 Å². The molecule has 2 heterocycles. The van der Waals surface area contributed by atoms with E-state index in [1.165, 1.54) is 12.8 Å². The first kappa shape index (κ1) is 13.1. The second-order valence-corrected chi connectivity index (χ2v) is 5.47. The number of carbonyl (C=O) groups is 1. The van der Waals surface area contributed by atoms with E-state index in [9.17, 15) is 4.79 Å². The maximum Gasteiger partial charge on any atom is 0.222 e. The number of nitrogens with one attached hydrogen (secondary N) is 2. The summed E-state index contributed by atoms with van der Waals surface area (Å²) in [5.74, 6) is 2.03. The Balaban J connectivity index is 1.40. The lowest BCUT2D eigenvalue weighted by Crippen LogP contribution is -2.27. The third kappa shape index (κ3) is 3.59. The van der Waals surface area contributed by atoms with E-state index in [0.717, 1.165) is 50.5 Å². The van der Waals surface area contributed by atoms with Gasteiger partial charge in [-0.05, 0) is 25.7 Å². The lowest BCUT2D eigenvalue weighted by atomic mass is 10.3. The summed E-state index contributed by atoms with van der Waals surface area (Å²) < 4.78 is 0. The topological polar surface area (TPSA) is 70.2 Å². The van der Waals surface area contributed by atoms with Crippen LogP contribution < -0.4 is 10.6 Å². The SMILES string of the molecule is O=C1CCCN1CCCNc1cc(NC2CC2)ncn1. The maximum atomic E-state index is 11.5. The molecule has 6 nitrogen and oxygen atoms in total. The largest absolute Gasteiger partial charge is 0.370 e. The van der Waals surface area contributed by atoms with Crippen LogP contribution in [-0.2, 0) is 4.79 Å². The molecule has 1 aliphatic carbocycles. The number of hydrogen-bond acceptors (Lipinski definition) is 5. The predicted octanol–water partition coefficient (Wildman–Crippen LogP) is 1.48. The van der Waals surface area contributed by atoms with Crippen molar-refractivity contribution >= 4 is 17.5 Å². The normalized spacial score (nSPS) is 18.4. The number of likely N-dealkylation sites (tertiary alicyclic amines) is 1. The Morgan fingerprint density at radius 2 is 2.15 bits per heavy atom. The molecular formula is C14H21N5O. The van der Waals surface area contributed by atoms with Crippen molar-refractivity contribution in [2.75, 3.05) is 30.3 Å². The molecule has 20 heavy (non-hydrogen) atoms. The van der Waals surface area contributed by atoms with Crippen molar-refractivity contribution in [3.8, 4) is 0 Å². The molecule has 1 saturated carbocycles. The smallest absolute Gasteiger partial charge is 0.222 e. The Bertz CT molecular complexity index is 474. The average molecular weight is 275 g/mol. The van der Waals surface area contributed by atoms with Gasteiger partial charge in [-0.15, -0.1) is 0 Å². The highest BCUT2D eigenvalue weighted by molar-refractivity contribution is 5.78. The van der Waals surface area contributed by atoms with Crippen LogP contribution in [0.15, 0.2) is 12.4 Å². The molecule has 2 aliphatic rings. The van der Waals surface area contributed by atoms with Crippen molar-refractivity contribution in [2.45, 2.75) is 38.1 Å². The molecular weight excluding hydrogens is 254 g/mol. The van der Waals surface area contributed by atoms with E-state index in [-0.39, 0.29) is 0 Å². The first-order valence-corrected chi connectivity index (χ1v) is 7.41. The lowest BCUT2D eigenvalue weighted by molar-refractivity contribution is -0.127. The first-order valence-electron chi connectivity index (χ1n) is 7.41. The lowest BCUT2D eigenvalue weighted by Gasteiger charge is -2.15. The van der Waals surface area contributed by atoms with Gasteiger partial charge < -0.3 is 15.5 Å². The van der Waals surface area contributed by atoms with Crippen LogP contribution in [0, 0.1) is 0 Å². The van der Waals surface area contributed by atoms with E-state index >= 15 is 0 Å². The van der Waals surface area contributed by atoms with E-state index in [4.69, 9.17) is 0 Å². The molecule has 0 bridgehead atoms.